The monoisotopic (exact) mass is 239 g/mol. The molecule has 1 heterocycles. The first-order valence-corrected chi connectivity index (χ1v) is 7.08. The predicted octanol–water partition coefficient (Wildman–Crippen LogP) is 2.10. The second kappa shape index (κ2) is 5.96. The standard InChI is InChI=1S/C14H25NO2/c1-3-15-7-8-17-13(10-15)14(16)12-6-4-5-11(2)9-12/h11-13H,3-10H2,1-2H3. The van der Waals surface area contributed by atoms with Gasteiger partial charge in [-0.05, 0) is 25.3 Å². The maximum Gasteiger partial charge on any atom is 0.165 e. The predicted molar refractivity (Wildman–Crippen MR) is 68.0 cm³/mol. The van der Waals surface area contributed by atoms with Gasteiger partial charge in [-0.2, -0.15) is 0 Å². The van der Waals surface area contributed by atoms with Gasteiger partial charge in [0.2, 0.25) is 0 Å². The number of Topliss-reactive ketones (excluding diaryl/α,β-unsaturated/α-hetero) is 1. The van der Waals surface area contributed by atoms with E-state index >= 15 is 0 Å². The number of ketones is 1. The zero-order chi connectivity index (χ0) is 12.3. The number of carbonyl (C=O) groups excluding carboxylic acids is 1. The minimum absolute atomic E-state index is 0.154. The maximum absolute atomic E-state index is 12.4. The molecule has 3 heteroatoms. The minimum Gasteiger partial charge on any atom is -0.368 e. The first kappa shape index (κ1) is 13.0. The van der Waals surface area contributed by atoms with Gasteiger partial charge in [0.1, 0.15) is 6.10 Å². The highest BCUT2D eigenvalue weighted by Gasteiger charge is 2.33. The zero-order valence-electron chi connectivity index (χ0n) is 11.2. The molecule has 2 rings (SSSR count). The van der Waals surface area contributed by atoms with E-state index in [4.69, 9.17) is 4.74 Å². The topological polar surface area (TPSA) is 29.5 Å². The lowest BCUT2D eigenvalue weighted by molar-refractivity contribution is -0.141. The summed E-state index contributed by atoms with van der Waals surface area (Å²) in [6.07, 6.45) is 4.50. The molecule has 0 spiro atoms. The molecular formula is C14H25NO2. The number of likely N-dealkylation sites (N-methyl/N-ethyl adjacent to an activating group) is 1. The van der Waals surface area contributed by atoms with Crippen LogP contribution in [0.1, 0.15) is 39.5 Å². The molecule has 0 bridgehead atoms. The maximum atomic E-state index is 12.4. The van der Waals surface area contributed by atoms with Crippen molar-refractivity contribution >= 4 is 5.78 Å². The molecule has 0 radical (unpaired) electrons. The summed E-state index contributed by atoms with van der Waals surface area (Å²) < 4.78 is 5.67. The molecule has 3 atom stereocenters. The average Bonchev–Trinajstić information content (AvgIpc) is 2.38. The fraction of sp³-hybridized carbons (Fsp3) is 0.929. The molecule has 1 saturated carbocycles. The van der Waals surface area contributed by atoms with Crippen molar-refractivity contribution in [3.8, 4) is 0 Å². The molecule has 0 aromatic heterocycles. The molecule has 0 amide bonds. The summed E-state index contributed by atoms with van der Waals surface area (Å²) in [5, 5.41) is 0. The molecule has 17 heavy (non-hydrogen) atoms. The van der Waals surface area contributed by atoms with Crippen molar-refractivity contribution in [1.82, 2.24) is 4.90 Å². The number of carbonyl (C=O) groups is 1. The third kappa shape index (κ3) is 3.29. The van der Waals surface area contributed by atoms with Gasteiger partial charge in [-0.1, -0.05) is 26.7 Å². The highest BCUT2D eigenvalue weighted by atomic mass is 16.5. The summed E-state index contributed by atoms with van der Waals surface area (Å²) >= 11 is 0. The normalized spacial score (nSPS) is 35.8. The van der Waals surface area contributed by atoms with Gasteiger partial charge in [-0.15, -0.1) is 0 Å². The van der Waals surface area contributed by atoms with E-state index in [1.165, 1.54) is 12.8 Å². The molecule has 1 saturated heterocycles. The molecule has 1 aliphatic heterocycles. The number of rotatable bonds is 3. The van der Waals surface area contributed by atoms with E-state index in [1.54, 1.807) is 0 Å². The Morgan fingerprint density at radius 3 is 2.94 bits per heavy atom. The van der Waals surface area contributed by atoms with Crippen LogP contribution in [-0.4, -0.2) is 43.0 Å². The number of nitrogens with zero attached hydrogens (tertiary/aromatic N) is 1. The Hall–Kier alpha value is -0.410. The Kier molecular flexibility index (Phi) is 4.57. The first-order chi connectivity index (χ1) is 8.20. The van der Waals surface area contributed by atoms with E-state index in [1.807, 2.05) is 0 Å². The SMILES string of the molecule is CCN1CCOC(C(=O)C2CCCC(C)C2)C1. The van der Waals surface area contributed by atoms with Gasteiger partial charge < -0.3 is 4.74 Å². The first-order valence-electron chi connectivity index (χ1n) is 7.08. The van der Waals surface area contributed by atoms with Crippen LogP contribution in [0.25, 0.3) is 0 Å². The van der Waals surface area contributed by atoms with Crippen LogP contribution < -0.4 is 0 Å². The fourth-order valence-electron chi connectivity index (χ4n) is 3.12. The average molecular weight is 239 g/mol. The summed E-state index contributed by atoms with van der Waals surface area (Å²) in [4.78, 5) is 14.7. The van der Waals surface area contributed by atoms with Crippen LogP contribution >= 0.6 is 0 Å². The second-order valence-electron chi connectivity index (χ2n) is 5.62. The third-order valence-corrected chi connectivity index (χ3v) is 4.25. The Bertz CT molecular complexity index is 267. The largest absolute Gasteiger partial charge is 0.368 e. The highest BCUT2D eigenvalue weighted by Crippen LogP contribution is 2.30. The van der Waals surface area contributed by atoms with Crippen molar-refractivity contribution < 1.29 is 9.53 Å². The van der Waals surface area contributed by atoms with Crippen LogP contribution in [0.15, 0.2) is 0 Å². The van der Waals surface area contributed by atoms with Gasteiger partial charge in [0.25, 0.3) is 0 Å². The molecule has 1 aliphatic carbocycles. The van der Waals surface area contributed by atoms with Crippen molar-refractivity contribution in [3.63, 3.8) is 0 Å². The Morgan fingerprint density at radius 2 is 2.24 bits per heavy atom. The molecular weight excluding hydrogens is 214 g/mol. The molecule has 0 aromatic carbocycles. The van der Waals surface area contributed by atoms with Gasteiger partial charge in [-0.3, -0.25) is 9.69 Å². The lowest BCUT2D eigenvalue weighted by Gasteiger charge is -2.34. The Labute approximate surface area is 105 Å². The summed E-state index contributed by atoms with van der Waals surface area (Å²) in [5.41, 5.74) is 0. The summed E-state index contributed by atoms with van der Waals surface area (Å²) in [5.74, 6) is 1.35. The van der Waals surface area contributed by atoms with Crippen molar-refractivity contribution in [2.75, 3.05) is 26.2 Å². The smallest absolute Gasteiger partial charge is 0.165 e. The van der Waals surface area contributed by atoms with E-state index in [2.05, 4.69) is 18.7 Å². The summed E-state index contributed by atoms with van der Waals surface area (Å²) in [6, 6.07) is 0. The van der Waals surface area contributed by atoms with Gasteiger partial charge in [0.05, 0.1) is 6.61 Å². The van der Waals surface area contributed by atoms with Crippen molar-refractivity contribution in [1.29, 1.82) is 0 Å². The van der Waals surface area contributed by atoms with Crippen molar-refractivity contribution in [2.45, 2.75) is 45.6 Å². The summed E-state index contributed by atoms with van der Waals surface area (Å²) in [7, 11) is 0. The molecule has 3 unspecified atom stereocenters. The van der Waals surface area contributed by atoms with Crippen LogP contribution in [0, 0.1) is 11.8 Å². The van der Waals surface area contributed by atoms with Crippen LogP contribution in [0.5, 0.6) is 0 Å². The molecule has 0 aromatic rings. The van der Waals surface area contributed by atoms with Crippen molar-refractivity contribution in [3.05, 3.63) is 0 Å². The van der Waals surface area contributed by atoms with E-state index in [0.29, 0.717) is 18.3 Å². The third-order valence-electron chi connectivity index (χ3n) is 4.25. The Morgan fingerprint density at radius 1 is 1.41 bits per heavy atom. The molecule has 98 valence electrons. The zero-order valence-corrected chi connectivity index (χ0v) is 11.2. The number of hydrogen-bond donors (Lipinski definition) is 0. The number of morpholine rings is 1. The highest BCUT2D eigenvalue weighted by molar-refractivity contribution is 5.85. The quantitative estimate of drug-likeness (QED) is 0.755. The molecule has 2 aliphatic rings. The van der Waals surface area contributed by atoms with Crippen molar-refractivity contribution in [2.24, 2.45) is 11.8 Å². The van der Waals surface area contributed by atoms with E-state index in [9.17, 15) is 4.79 Å². The minimum atomic E-state index is -0.154. The van der Waals surface area contributed by atoms with Crippen LogP contribution in [0.4, 0.5) is 0 Å². The second-order valence-corrected chi connectivity index (χ2v) is 5.62. The van der Waals surface area contributed by atoms with E-state index < -0.39 is 0 Å². The van der Waals surface area contributed by atoms with E-state index in [0.717, 1.165) is 32.5 Å². The van der Waals surface area contributed by atoms with Gasteiger partial charge in [0, 0.05) is 19.0 Å². The van der Waals surface area contributed by atoms with E-state index in [-0.39, 0.29) is 12.0 Å². The summed E-state index contributed by atoms with van der Waals surface area (Å²) in [6.45, 7) is 7.93. The molecule has 3 nitrogen and oxygen atoms in total. The fourth-order valence-corrected chi connectivity index (χ4v) is 3.12. The molecule has 2 fully saturated rings. The van der Waals surface area contributed by atoms with Gasteiger partial charge >= 0.3 is 0 Å². The van der Waals surface area contributed by atoms with Crippen LogP contribution in [0.3, 0.4) is 0 Å². The Balaban J connectivity index is 1.89. The van der Waals surface area contributed by atoms with Gasteiger partial charge in [-0.25, -0.2) is 0 Å². The lowest BCUT2D eigenvalue weighted by atomic mass is 9.79. The lowest BCUT2D eigenvalue weighted by Crippen LogP contribution is -2.48. The molecule has 0 N–H and O–H groups in total. The van der Waals surface area contributed by atoms with Crippen LogP contribution in [-0.2, 0) is 9.53 Å². The van der Waals surface area contributed by atoms with Gasteiger partial charge in [0.15, 0.2) is 5.78 Å². The number of ether oxygens (including phenoxy) is 1. The number of hydrogen-bond acceptors (Lipinski definition) is 3. The van der Waals surface area contributed by atoms with Crippen LogP contribution in [0.2, 0.25) is 0 Å².